The molecule has 0 aromatic heterocycles. The second-order valence-electron chi connectivity index (χ2n) is 4.78. The monoisotopic (exact) mass is 424 g/mol. The number of nitrogens with two attached hydrogens (primary N) is 1. The first-order valence-corrected chi connectivity index (χ1v) is 10.3. The highest BCUT2D eigenvalue weighted by Gasteiger charge is 2.21. The molecule has 0 fully saturated rings. The van der Waals surface area contributed by atoms with E-state index in [1.165, 1.54) is 24.3 Å². The summed E-state index contributed by atoms with van der Waals surface area (Å²) >= 11 is 11.6. The quantitative estimate of drug-likeness (QED) is 0.767. The van der Waals surface area contributed by atoms with Crippen LogP contribution in [-0.2, 0) is 20.0 Å². The Kier molecular flexibility index (Phi) is 5.75. The maximum Gasteiger partial charge on any atom is 0.255 e. The number of halogens is 3. The molecule has 6 nitrogen and oxygen atoms in total. The highest BCUT2D eigenvalue weighted by Crippen LogP contribution is 2.25. The van der Waals surface area contributed by atoms with Crippen molar-refractivity contribution in [2.75, 3.05) is 4.72 Å². The summed E-state index contributed by atoms with van der Waals surface area (Å²) in [5, 5.41) is 6.23. The number of primary sulfonamides is 1. The van der Waals surface area contributed by atoms with Crippen molar-refractivity contribution >= 4 is 55.0 Å². The molecule has 0 aliphatic carbocycles. The predicted octanol–water partition coefficient (Wildman–Crippen LogP) is 3.19. The van der Waals surface area contributed by atoms with Crippen molar-refractivity contribution in [1.82, 2.24) is 0 Å². The maximum absolute atomic E-state index is 13.7. The van der Waals surface area contributed by atoms with Gasteiger partial charge in [0, 0.05) is 0 Å². The van der Waals surface area contributed by atoms with Crippen molar-refractivity contribution in [3.05, 3.63) is 63.2 Å². The van der Waals surface area contributed by atoms with E-state index in [-0.39, 0.29) is 5.02 Å². The second kappa shape index (κ2) is 7.30. The van der Waals surface area contributed by atoms with E-state index < -0.39 is 36.4 Å². The van der Waals surface area contributed by atoms with E-state index >= 15 is 0 Å². The third-order valence-electron chi connectivity index (χ3n) is 2.89. The third kappa shape index (κ3) is 5.16. The molecule has 0 saturated carbocycles. The molecule has 134 valence electrons. The fourth-order valence-corrected chi connectivity index (χ4v) is 3.87. The Morgan fingerprint density at radius 2 is 1.72 bits per heavy atom. The van der Waals surface area contributed by atoms with Gasteiger partial charge < -0.3 is 0 Å². The third-order valence-corrected chi connectivity index (χ3v) is 5.61. The number of hydrogen-bond acceptors (Lipinski definition) is 4. The van der Waals surface area contributed by atoms with Gasteiger partial charge in [0.15, 0.2) is 0 Å². The van der Waals surface area contributed by atoms with Crippen molar-refractivity contribution in [3.63, 3.8) is 0 Å². The first kappa shape index (κ1) is 19.7. The molecule has 0 unspecified atom stereocenters. The van der Waals surface area contributed by atoms with Crippen LogP contribution in [0.5, 0.6) is 0 Å². The smallest absolute Gasteiger partial charge is 0.255 e. The van der Waals surface area contributed by atoms with E-state index in [2.05, 4.69) is 0 Å². The standard InChI is InChI=1S/C14H11Cl2FN2O4S2/c15-10-5-4-9(8-11(10)16)6-7-24(20,21)19-13-3-1-2-12(17)14(13)25(18,22)23/h1-8,19H,(H2,18,22,23). The summed E-state index contributed by atoms with van der Waals surface area (Å²) in [5.41, 5.74) is -0.0630. The lowest BCUT2D eigenvalue weighted by atomic mass is 10.2. The molecular weight excluding hydrogens is 414 g/mol. The van der Waals surface area contributed by atoms with Gasteiger partial charge in [0.25, 0.3) is 10.0 Å². The zero-order chi connectivity index (χ0) is 18.8. The van der Waals surface area contributed by atoms with E-state index in [1.807, 2.05) is 4.72 Å². The van der Waals surface area contributed by atoms with Crippen LogP contribution in [0.4, 0.5) is 10.1 Å². The molecule has 2 aromatic carbocycles. The lowest BCUT2D eigenvalue weighted by Crippen LogP contribution is -2.19. The van der Waals surface area contributed by atoms with Gasteiger partial charge >= 0.3 is 0 Å². The minimum Gasteiger partial charge on any atom is -0.279 e. The van der Waals surface area contributed by atoms with Gasteiger partial charge in [-0.3, -0.25) is 4.72 Å². The molecule has 0 bridgehead atoms. The maximum atomic E-state index is 13.7. The van der Waals surface area contributed by atoms with Crippen molar-refractivity contribution in [1.29, 1.82) is 0 Å². The highest BCUT2D eigenvalue weighted by atomic mass is 35.5. The Morgan fingerprint density at radius 1 is 1.04 bits per heavy atom. The van der Waals surface area contributed by atoms with E-state index in [0.29, 0.717) is 10.6 Å². The van der Waals surface area contributed by atoms with Gasteiger partial charge in [-0.15, -0.1) is 0 Å². The number of sulfonamides is 2. The van der Waals surface area contributed by atoms with Crippen LogP contribution in [0, 0.1) is 5.82 Å². The zero-order valence-corrected chi connectivity index (χ0v) is 15.4. The Bertz CT molecular complexity index is 1050. The minimum absolute atomic E-state index is 0.232. The molecule has 0 saturated heterocycles. The zero-order valence-electron chi connectivity index (χ0n) is 12.3. The molecule has 0 atom stereocenters. The van der Waals surface area contributed by atoms with Crippen LogP contribution >= 0.6 is 23.2 Å². The molecule has 0 radical (unpaired) electrons. The number of benzene rings is 2. The molecule has 0 aliphatic rings. The van der Waals surface area contributed by atoms with E-state index in [0.717, 1.165) is 23.6 Å². The van der Waals surface area contributed by atoms with Gasteiger partial charge in [-0.2, -0.15) is 0 Å². The van der Waals surface area contributed by atoms with Crippen molar-refractivity contribution in [2.24, 2.45) is 5.14 Å². The highest BCUT2D eigenvalue weighted by molar-refractivity contribution is 7.95. The van der Waals surface area contributed by atoms with Crippen molar-refractivity contribution in [2.45, 2.75) is 4.90 Å². The first-order chi connectivity index (χ1) is 11.5. The summed E-state index contributed by atoms with van der Waals surface area (Å²) in [5.74, 6) is -1.17. The van der Waals surface area contributed by atoms with E-state index in [9.17, 15) is 21.2 Å². The molecule has 2 rings (SSSR count). The average Bonchev–Trinajstić information content (AvgIpc) is 2.47. The molecule has 2 aromatic rings. The van der Waals surface area contributed by atoms with Gasteiger partial charge in [-0.1, -0.05) is 35.3 Å². The molecule has 0 heterocycles. The Balaban J connectivity index is 2.35. The fourth-order valence-electron chi connectivity index (χ4n) is 1.85. The topological polar surface area (TPSA) is 106 Å². The van der Waals surface area contributed by atoms with Gasteiger partial charge in [-0.25, -0.2) is 26.4 Å². The lowest BCUT2D eigenvalue weighted by Gasteiger charge is -2.10. The molecule has 0 spiro atoms. The molecule has 25 heavy (non-hydrogen) atoms. The summed E-state index contributed by atoms with van der Waals surface area (Å²) in [6.45, 7) is 0. The summed E-state index contributed by atoms with van der Waals surface area (Å²) in [6.07, 6.45) is 1.21. The summed E-state index contributed by atoms with van der Waals surface area (Å²) < 4.78 is 62.8. The van der Waals surface area contributed by atoms with Gasteiger partial charge in [-0.05, 0) is 35.9 Å². The SMILES string of the molecule is NS(=O)(=O)c1c(F)cccc1NS(=O)(=O)C=Cc1ccc(Cl)c(Cl)c1. The van der Waals surface area contributed by atoms with Crippen LogP contribution in [0.3, 0.4) is 0 Å². The van der Waals surface area contributed by atoms with Gasteiger partial charge in [0.1, 0.15) is 10.7 Å². The largest absolute Gasteiger partial charge is 0.279 e. The molecule has 3 N–H and O–H groups in total. The van der Waals surface area contributed by atoms with Crippen LogP contribution in [0.1, 0.15) is 5.56 Å². The number of rotatable bonds is 5. The molecule has 0 aliphatic heterocycles. The Labute approximate surface area is 154 Å². The number of anilines is 1. The minimum atomic E-state index is -4.47. The number of hydrogen-bond donors (Lipinski definition) is 2. The van der Waals surface area contributed by atoms with Crippen molar-refractivity contribution < 1.29 is 21.2 Å². The van der Waals surface area contributed by atoms with Crippen LogP contribution in [-0.4, -0.2) is 16.8 Å². The summed E-state index contributed by atoms with van der Waals surface area (Å²) in [6, 6.07) is 7.52. The van der Waals surface area contributed by atoms with Crippen LogP contribution < -0.4 is 9.86 Å². The van der Waals surface area contributed by atoms with Crippen LogP contribution in [0.15, 0.2) is 46.7 Å². The Morgan fingerprint density at radius 3 is 2.32 bits per heavy atom. The molecular formula is C14H11Cl2FN2O4S2. The predicted molar refractivity (Wildman–Crippen MR) is 95.8 cm³/mol. The van der Waals surface area contributed by atoms with E-state index in [1.54, 1.807) is 0 Å². The lowest BCUT2D eigenvalue weighted by molar-refractivity contribution is 0.569. The van der Waals surface area contributed by atoms with Gasteiger partial charge in [0.2, 0.25) is 10.0 Å². The summed E-state index contributed by atoms with van der Waals surface area (Å²) in [4.78, 5) is -0.943. The molecule has 11 heteroatoms. The van der Waals surface area contributed by atoms with Gasteiger partial charge in [0.05, 0.1) is 21.1 Å². The molecule has 0 amide bonds. The van der Waals surface area contributed by atoms with E-state index in [4.69, 9.17) is 28.3 Å². The number of nitrogens with one attached hydrogen (secondary N) is 1. The van der Waals surface area contributed by atoms with Crippen LogP contribution in [0.25, 0.3) is 6.08 Å². The summed E-state index contributed by atoms with van der Waals surface area (Å²) in [7, 11) is -8.62. The fraction of sp³-hybridized carbons (Fsp3) is 0. The first-order valence-electron chi connectivity index (χ1n) is 6.47. The normalized spacial score (nSPS) is 12.5. The second-order valence-corrected chi connectivity index (χ2v) is 8.66. The Hall–Kier alpha value is -1.65. The van der Waals surface area contributed by atoms with Crippen molar-refractivity contribution in [3.8, 4) is 0 Å². The van der Waals surface area contributed by atoms with Crippen LogP contribution in [0.2, 0.25) is 10.0 Å². The average molecular weight is 425 g/mol.